The third-order valence-electron chi connectivity index (χ3n) is 2.56. The molecule has 0 heterocycles. The van der Waals surface area contributed by atoms with Gasteiger partial charge in [-0.05, 0) is 26.7 Å². The van der Waals surface area contributed by atoms with E-state index in [1.165, 1.54) is 0 Å². The van der Waals surface area contributed by atoms with Crippen molar-refractivity contribution < 1.29 is 14.7 Å². The van der Waals surface area contributed by atoms with E-state index < -0.39 is 5.97 Å². The maximum absolute atomic E-state index is 12.3. The van der Waals surface area contributed by atoms with E-state index in [0.717, 1.165) is 0 Å². The van der Waals surface area contributed by atoms with Crippen LogP contribution in [0.1, 0.15) is 41.0 Å². The summed E-state index contributed by atoms with van der Waals surface area (Å²) in [5.74, 6) is -0.496. The lowest BCUT2D eigenvalue weighted by atomic mass is 10.1. The molecule has 2 amide bonds. The van der Waals surface area contributed by atoms with Crippen molar-refractivity contribution in [2.45, 2.75) is 46.6 Å². The molecular formula is C13H26N2O3. The van der Waals surface area contributed by atoms with Gasteiger partial charge in [-0.1, -0.05) is 13.8 Å². The van der Waals surface area contributed by atoms with Crippen molar-refractivity contribution in [1.82, 2.24) is 9.80 Å². The second kappa shape index (κ2) is 6.61. The van der Waals surface area contributed by atoms with Gasteiger partial charge < -0.3 is 14.9 Å². The Morgan fingerprint density at radius 1 is 1.22 bits per heavy atom. The molecule has 0 aliphatic carbocycles. The highest BCUT2D eigenvalue weighted by atomic mass is 16.4. The van der Waals surface area contributed by atoms with Crippen LogP contribution in [0.25, 0.3) is 0 Å². The minimum absolute atomic E-state index is 0.0292. The van der Waals surface area contributed by atoms with E-state index in [9.17, 15) is 9.59 Å². The van der Waals surface area contributed by atoms with Crippen LogP contribution in [-0.4, -0.2) is 52.6 Å². The maximum Gasteiger partial charge on any atom is 0.320 e. The van der Waals surface area contributed by atoms with Gasteiger partial charge in [0.1, 0.15) is 0 Å². The molecule has 0 rings (SSSR count). The van der Waals surface area contributed by atoms with Crippen molar-refractivity contribution >= 4 is 12.0 Å². The summed E-state index contributed by atoms with van der Waals surface area (Å²) in [7, 11) is 1.75. The first kappa shape index (κ1) is 16.7. The van der Waals surface area contributed by atoms with Gasteiger partial charge in [0.25, 0.3) is 0 Å². The van der Waals surface area contributed by atoms with Gasteiger partial charge in [0.05, 0.1) is 6.42 Å². The largest absolute Gasteiger partial charge is 0.481 e. The fraction of sp³-hybridized carbons (Fsp3) is 0.846. The first-order valence-electron chi connectivity index (χ1n) is 6.30. The lowest BCUT2D eigenvalue weighted by Gasteiger charge is -2.38. The summed E-state index contributed by atoms with van der Waals surface area (Å²) in [4.78, 5) is 26.2. The molecule has 0 saturated heterocycles. The Labute approximate surface area is 110 Å². The number of urea groups is 1. The number of hydrogen-bond donors (Lipinski definition) is 1. The molecule has 106 valence electrons. The number of carboxylic acid groups (broad SMARTS) is 1. The molecule has 0 saturated carbocycles. The minimum atomic E-state index is -0.886. The van der Waals surface area contributed by atoms with Gasteiger partial charge in [-0.3, -0.25) is 4.79 Å². The minimum Gasteiger partial charge on any atom is -0.481 e. The Kier molecular flexibility index (Phi) is 6.15. The highest BCUT2D eigenvalue weighted by Crippen LogP contribution is 2.16. The zero-order chi connectivity index (χ0) is 14.5. The molecule has 5 nitrogen and oxygen atoms in total. The van der Waals surface area contributed by atoms with Gasteiger partial charge in [-0.2, -0.15) is 0 Å². The van der Waals surface area contributed by atoms with Crippen LogP contribution >= 0.6 is 0 Å². The SMILES string of the molecule is CC(C)CN(C)C(=O)N(CCC(=O)O)C(C)(C)C. The summed E-state index contributed by atoms with van der Waals surface area (Å²) in [5, 5.41) is 8.74. The van der Waals surface area contributed by atoms with Crippen molar-refractivity contribution in [3.05, 3.63) is 0 Å². The molecule has 0 unspecified atom stereocenters. The van der Waals surface area contributed by atoms with Gasteiger partial charge in [0.2, 0.25) is 0 Å². The molecule has 0 aliphatic rings. The maximum atomic E-state index is 12.3. The molecule has 0 radical (unpaired) electrons. The molecule has 0 aliphatic heterocycles. The Morgan fingerprint density at radius 3 is 2.06 bits per heavy atom. The van der Waals surface area contributed by atoms with E-state index in [2.05, 4.69) is 0 Å². The van der Waals surface area contributed by atoms with E-state index in [-0.39, 0.29) is 24.5 Å². The van der Waals surface area contributed by atoms with Gasteiger partial charge in [-0.15, -0.1) is 0 Å². The molecule has 0 bridgehead atoms. The zero-order valence-electron chi connectivity index (χ0n) is 12.4. The summed E-state index contributed by atoms with van der Waals surface area (Å²) in [5.41, 5.74) is -0.377. The Morgan fingerprint density at radius 2 is 1.72 bits per heavy atom. The first-order valence-corrected chi connectivity index (χ1v) is 6.30. The molecule has 18 heavy (non-hydrogen) atoms. The zero-order valence-corrected chi connectivity index (χ0v) is 12.4. The second-order valence-corrected chi connectivity index (χ2v) is 6.02. The Hall–Kier alpha value is -1.26. The summed E-state index contributed by atoms with van der Waals surface area (Å²) >= 11 is 0. The molecule has 0 atom stereocenters. The molecular weight excluding hydrogens is 232 g/mol. The third kappa shape index (κ3) is 5.89. The van der Waals surface area contributed by atoms with Gasteiger partial charge in [0, 0.05) is 25.7 Å². The molecule has 5 heteroatoms. The van der Waals surface area contributed by atoms with Crippen LogP contribution < -0.4 is 0 Å². The Balaban J connectivity index is 4.75. The highest BCUT2D eigenvalue weighted by Gasteiger charge is 2.29. The smallest absolute Gasteiger partial charge is 0.320 e. The fourth-order valence-electron chi connectivity index (χ4n) is 1.76. The van der Waals surface area contributed by atoms with Crippen LogP contribution in [0.5, 0.6) is 0 Å². The standard InChI is InChI=1S/C13H26N2O3/c1-10(2)9-14(6)12(18)15(13(3,4)5)8-7-11(16)17/h10H,7-9H2,1-6H3,(H,16,17). The molecule has 0 fully saturated rings. The summed E-state index contributed by atoms with van der Waals surface area (Å²) < 4.78 is 0. The van der Waals surface area contributed by atoms with Crippen molar-refractivity contribution in [2.24, 2.45) is 5.92 Å². The monoisotopic (exact) mass is 258 g/mol. The first-order chi connectivity index (χ1) is 8.05. The number of carboxylic acids is 1. The second-order valence-electron chi connectivity index (χ2n) is 6.02. The van der Waals surface area contributed by atoms with E-state index in [0.29, 0.717) is 12.5 Å². The fourth-order valence-corrected chi connectivity index (χ4v) is 1.76. The molecule has 0 aromatic carbocycles. The van der Waals surface area contributed by atoms with E-state index in [4.69, 9.17) is 5.11 Å². The number of nitrogens with zero attached hydrogens (tertiary/aromatic N) is 2. The topological polar surface area (TPSA) is 60.9 Å². The number of carbonyl (C=O) groups excluding carboxylic acids is 1. The Bertz CT molecular complexity index is 295. The average molecular weight is 258 g/mol. The number of aliphatic carboxylic acids is 1. The predicted octanol–water partition coefficient (Wildman–Crippen LogP) is 2.27. The van der Waals surface area contributed by atoms with E-state index in [1.54, 1.807) is 16.8 Å². The van der Waals surface area contributed by atoms with Crippen molar-refractivity contribution in [2.75, 3.05) is 20.1 Å². The van der Waals surface area contributed by atoms with Crippen molar-refractivity contribution in [3.63, 3.8) is 0 Å². The molecule has 0 aromatic rings. The number of hydrogen-bond acceptors (Lipinski definition) is 2. The van der Waals surface area contributed by atoms with Gasteiger partial charge in [0.15, 0.2) is 0 Å². The van der Waals surface area contributed by atoms with E-state index in [1.807, 2.05) is 34.6 Å². The van der Waals surface area contributed by atoms with Gasteiger partial charge >= 0.3 is 12.0 Å². The third-order valence-corrected chi connectivity index (χ3v) is 2.56. The number of amides is 2. The number of carbonyl (C=O) groups is 2. The summed E-state index contributed by atoms with van der Waals surface area (Å²) in [6.45, 7) is 10.7. The quantitative estimate of drug-likeness (QED) is 0.823. The van der Waals surface area contributed by atoms with E-state index >= 15 is 0 Å². The summed E-state index contributed by atoms with van der Waals surface area (Å²) in [6, 6.07) is -0.113. The van der Waals surface area contributed by atoms with Crippen LogP contribution in [0.4, 0.5) is 4.79 Å². The number of rotatable bonds is 5. The van der Waals surface area contributed by atoms with Crippen LogP contribution in [-0.2, 0) is 4.79 Å². The van der Waals surface area contributed by atoms with Crippen LogP contribution in [0.3, 0.4) is 0 Å². The van der Waals surface area contributed by atoms with Crippen molar-refractivity contribution in [3.8, 4) is 0 Å². The van der Waals surface area contributed by atoms with Crippen molar-refractivity contribution in [1.29, 1.82) is 0 Å². The average Bonchev–Trinajstić information content (AvgIpc) is 2.13. The van der Waals surface area contributed by atoms with Crippen LogP contribution in [0, 0.1) is 5.92 Å². The molecule has 1 N–H and O–H groups in total. The molecule has 0 spiro atoms. The predicted molar refractivity (Wildman–Crippen MR) is 71.6 cm³/mol. The highest BCUT2D eigenvalue weighted by molar-refractivity contribution is 5.76. The van der Waals surface area contributed by atoms with Gasteiger partial charge in [-0.25, -0.2) is 4.79 Å². The lowest BCUT2D eigenvalue weighted by Crippen LogP contribution is -2.52. The normalized spacial score (nSPS) is 11.5. The lowest BCUT2D eigenvalue weighted by molar-refractivity contribution is -0.137. The van der Waals surface area contributed by atoms with Crippen LogP contribution in [0.15, 0.2) is 0 Å². The molecule has 0 aromatic heterocycles. The summed E-state index contributed by atoms with van der Waals surface area (Å²) in [6.07, 6.45) is -0.0292. The van der Waals surface area contributed by atoms with Crippen LogP contribution in [0.2, 0.25) is 0 Å².